The Morgan fingerprint density at radius 2 is 1.78 bits per heavy atom. The molecule has 0 saturated heterocycles. The average Bonchev–Trinajstić information content (AvgIpc) is 3.28. The minimum Gasteiger partial charge on any atom is -0.489 e. The van der Waals surface area contributed by atoms with E-state index in [0.717, 1.165) is 30.5 Å². The molecule has 212 valence electrons. The number of nitrogens with zero attached hydrogens (tertiary/aromatic N) is 2. The van der Waals surface area contributed by atoms with Crippen LogP contribution in [0.3, 0.4) is 0 Å². The van der Waals surface area contributed by atoms with Crippen molar-refractivity contribution in [3.05, 3.63) is 89.2 Å². The number of benzene rings is 2. The van der Waals surface area contributed by atoms with Crippen molar-refractivity contribution in [3.63, 3.8) is 0 Å². The summed E-state index contributed by atoms with van der Waals surface area (Å²) in [6.07, 6.45) is -4.40. The largest absolute Gasteiger partial charge is 0.489 e. The zero-order valence-corrected chi connectivity index (χ0v) is 21.2. The fraction of sp³-hybridized carbons (Fsp3) is 0.214. The van der Waals surface area contributed by atoms with Gasteiger partial charge in [0.15, 0.2) is 0 Å². The van der Waals surface area contributed by atoms with E-state index in [2.05, 4.69) is 15.3 Å². The minimum atomic E-state index is -5.37. The fourth-order valence-corrected chi connectivity index (χ4v) is 4.49. The number of rotatable bonds is 6. The Hall–Kier alpha value is -4.65. The predicted octanol–water partition coefficient (Wildman–Crippen LogP) is 3.89. The molecule has 0 saturated carbocycles. The summed E-state index contributed by atoms with van der Waals surface area (Å²) >= 11 is 0. The maximum atomic E-state index is 14.5. The standard InChI is InChI=1S/C28H21F5N4O4/c1-26(25(34)39)13-41-23-19(26)10-21(37-22(23)14-2-5-17(29)6-3-14)27(40,28(31,32)33)12-36-24(38)15-4-7-20-16(8-15)9-18(30)11-35-20/h2-11,40H,12-13H2,1H3,(H2,34,39)(H,36,38)/t26-,27?/m0/s1. The molecule has 0 radical (unpaired) electrons. The number of aliphatic hydroxyl groups is 1. The highest BCUT2D eigenvalue weighted by molar-refractivity contribution is 5.98. The minimum absolute atomic E-state index is 0.0489. The number of pyridine rings is 2. The molecule has 0 aliphatic carbocycles. The van der Waals surface area contributed by atoms with Crippen LogP contribution in [-0.2, 0) is 15.8 Å². The quantitative estimate of drug-likeness (QED) is 0.301. The summed E-state index contributed by atoms with van der Waals surface area (Å²) < 4.78 is 76.4. The van der Waals surface area contributed by atoms with Gasteiger partial charge in [-0.15, -0.1) is 0 Å². The molecule has 1 unspecified atom stereocenters. The number of ether oxygens (including phenoxy) is 1. The van der Waals surface area contributed by atoms with Gasteiger partial charge in [0.05, 0.1) is 24.0 Å². The molecule has 4 N–H and O–H groups in total. The van der Waals surface area contributed by atoms with Gasteiger partial charge in [-0.05, 0) is 61.5 Å². The van der Waals surface area contributed by atoms with Gasteiger partial charge < -0.3 is 20.9 Å². The molecule has 2 aromatic heterocycles. The van der Waals surface area contributed by atoms with Crippen molar-refractivity contribution in [2.45, 2.75) is 24.1 Å². The zero-order chi connectivity index (χ0) is 29.7. The van der Waals surface area contributed by atoms with Gasteiger partial charge in [0.1, 0.15) is 35.1 Å². The number of hydrogen-bond donors (Lipinski definition) is 3. The summed E-state index contributed by atoms with van der Waals surface area (Å²) in [6.45, 7) is -0.321. The smallest absolute Gasteiger partial charge is 0.424 e. The summed E-state index contributed by atoms with van der Waals surface area (Å²) in [6, 6.07) is 10.5. The van der Waals surface area contributed by atoms with Crippen LogP contribution in [0.15, 0.2) is 60.8 Å². The van der Waals surface area contributed by atoms with Crippen molar-refractivity contribution in [1.29, 1.82) is 0 Å². The van der Waals surface area contributed by atoms with Crippen LogP contribution in [0.2, 0.25) is 0 Å². The maximum Gasteiger partial charge on any atom is 0.424 e. The molecule has 13 heteroatoms. The molecular formula is C28H21F5N4O4. The Balaban J connectivity index is 1.58. The van der Waals surface area contributed by atoms with Crippen LogP contribution < -0.4 is 15.8 Å². The van der Waals surface area contributed by atoms with Crippen molar-refractivity contribution in [2.75, 3.05) is 13.2 Å². The molecule has 41 heavy (non-hydrogen) atoms. The monoisotopic (exact) mass is 572 g/mol. The molecule has 2 atom stereocenters. The topological polar surface area (TPSA) is 127 Å². The maximum absolute atomic E-state index is 14.5. The molecule has 0 fully saturated rings. The summed E-state index contributed by atoms with van der Waals surface area (Å²) in [5, 5.41) is 13.4. The van der Waals surface area contributed by atoms with E-state index in [1.807, 2.05) is 0 Å². The van der Waals surface area contributed by atoms with E-state index in [0.29, 0.717) is 5.52 Å². The molecule has 0 spiro atoms. The van der Waals surface area contributed by atoms with Crippen LogP contribution in [0.1, 0.15) is 28.5 Å². The van der Waals surface area contributed by atoms with Gasteiger partial charge >= 0.3 is 6.18 Å². The number of nitrogens with one attached hydrogen (secondary N) is 1. The van der Waals surface area contributed by atoms with Crippen molar-refractivity contribution in [3.8, 4) is 17.0 Å². The Kier molecular flexibility index (Phi) is 6.65. The Morgan fingerprint density at radius 3 is 2.44 bits per heavy atom. The molecule has 1 aliphatic heterocycles. The lowest BCUT2D eigenvalue weighted by Gasteiger charge is -2.31. The molecule has 8 nitrogen and oxygen atoms in total. The normalized spacial score (nSPS) is 17.9. The third kappa shape index (κ3) is 4.82. The lowest BCUT2D eigenvalue weighted by molar-refractivity contribution is -0.265. The van der Waals surface area contributed by atoms with E-state index in [1.165, 1.54) is 37.3 Å². The average molecular weight is 572 g/mol. The predicted molar refractivity (Wildman–Crippen MR) is 136 cm³/mol. The molecule has 4 aromatic rings. The molecule has 3 heterocycles. The number of alkyl halides is 3. The van der Waals surface area contributed by atoms with Crippen LogP contribution >= 0.6 is 0 Å². The second-order valence-electron chi connectivity index (χ2n) is 9.83. The lowest BCUT2D eigenvalue weighted by Crippen LogP contribution is -2.51. The molecular weight excluding hydrogens is 551 g/mol. The first kappa shape index (κ1) is 27.9. The van der Waals surface area contributed by atoms with Gasteiger partial charge in [-0.1, -0.05) is 0 Å². The highest BCUT2D eigenvalue weighted by Crippen LogP contribution is 2.47. The Labute approximate surface area is 229 Å². The number of amides is 2. The SMILES string of the molecule is C[C@]1(C(N)=O)COc2c1cc(C(O)(CNC(=O)c1ccc3ncc(F)cc3c1)C(F)(F)F)nc2-c1ccc(F)cc1. The zero-order valence-electron chi connectivity index (χ0n) is 21.2. The van der Waals surface area contributed by atoms with Crippen molar-refractivity contribution in [2.24, 2.45) is 5.73 Å². The number of halogens is 5. The van der Waals surface area contributed by atoms with Crippen LogP contribution in [0.25, 0.3) is 22.2 Å². The molecule has 0 bridgehead atoms. The first-order chi connectivity index (χ1) is 19.2. The van der Waals surface area contributed by atoms with E-state index in [4.69, 9.17) is 10.5 Å². The molecule has 1 aliphatic rings. The number of hydrogen-bond acceptors (Lipinski definition) is 6. The van der Waals surface area contributed by atoms with Gasteiger partial charge in [0, 0.05) is 22.1 Å². The first-order valence-corrected chi connectivity index (χ1v) is 12.1. The number of carbonyl (C=O) groups excluding carboxylic acids is 2. The van der Waals surface area contributed by atoms with Crippen molar-refractivity contribution >= 4 is 22.7 Å². The summed E-state index contributed by atoms with van der Waals surface area (Å²) in [5.74, 6) is -3.24. The van der Waals surface area contributed by atoms with Gasteiger partial charge in [-0.25, -0.2) is 13.8 Å². The van der Waals surface area contributed by atoms with Crippen LogP contribution in [0.4, 0.5) is 22.0 Å². The second kappa shape index (κ2) is 9.77. The number of carbonyl (C=O) groups is 2. The first-order valence-electron chi connectivity index (χ1n) is 12.1. The molecule has 2 aromatic carbocycles. The van der Waals surface area contributed by atoms with Gasteiger partial charge in [-0.2, -0.15) is 13.2 Å². The Morgan fingerprint density at radius 1 is 1.07 bits per heavy atom. The van der Waals surface area contributed by atoms with Crippen molar-refractivity contribution in [1.82, 2.24) is 15.3 Å². The number of aromatic nitrogens is 2. The second-order valence-corrected chi connectivity index (χ2v) is 9.83. The van der Waals surface area contributed by atoms with E-state index >= 15 is 0 Å². The van der Waals surface area contributed by atoms with Crippen LogP contribution in [0.5, 0.6) is 5.75 Å². The van der Waals surface area contributed by atoms with Crippen LogP contribution in [-0.4, -0.2) is 46.2 Å². The van der Waals surface area contributed by atoms with Gasteiger partial charge in [-0.3, -0.25) is 14.6 Å². The highest BCUT2D eigenvalue weighted by atomic mass is 19.4. The van der Waals surface area contributed by atoms with Gasteiger partial charge in [0.25, 0.3) is 5.91 Å². The third-order valence-corrected chi connectivity index (χ3v) is 7.04. The fourth-order valence-electron chi connectivity index (χ4n) is 4.49. The van der Waals surface area contributed by atoms with Gasteiger partial charge in [0.2, 0.25) is 11.5 Å². The van der Waals surface area contributed by atoms with E-state index in [1.54, 1.807) is 0 Å². The summed E-state index contributed by atoms with van der Waals surface area (Å²) in [5.41, 5.74) is -0.604. The van der Waals surface area contributed by atoms with Crippen molar-refractivity contribution < 1.29 is 41.4 Å². The Bertz CT molecular complexity index is 1700. The molecule has 2 amide bonds. The number of fused-ring (bicyclic) bond motifs is 2. The summed E-state index contributed by atoms with van der Waals surface area (Å²) in [7, 11) is 0. The van der Waals surface area contributed by atoms with E-state index < -0.39 is 52.9 Å². The lowest BCUT2D eigenvalue weighted by atomic mass is 9.81. The summed E-state index contributed by atoms with van der Waals surface area (Å²) in [4.78, 5) is 33.1. The number of nitrogens with two attached hydrogens (primary N) is 1. The van der Waals surface area contributed by atoms with E-state index in [9.17, 15) is 36.6 Å². The number of primary amides is 1. The highest BCUT2D eigenvalue weighted by Gasteiger charge is 2.57. The van der Waals surface area contributed by atoms with Crippen LogP contribution in [0, 0.1) is 11.6 Å². The molecule has 5 rings (SSSR count). The third-order valence-electron chi connectivity index (χ3n) is 7.04. The van der Waals surface area contributed by atoms with E-state index in [-0.39, 0.29) is 40.1 Å².